The van der Waals surface area contributed by atoms with E-state index >= 15 is 0 Å². The number of anilines is 1. The predicted molar refractivity (Wildman–Crippen MR) is 124 cm³/mol. The van der Waals surface area contributed by atoms with Crippen molar-refractivity contribution in [1.82, 2.24) is 10.2 Å². The molecule has 1 amide bonds. The Morgan fingerprint density at radius 3 is 2.43 bits per heavy atom. The van der Waals surface area contributed by atoms with Gasteiger partial charge in [-0.2, -0.15) is 0 Å². The van der Waals surface area contributed by atoms with E-state index in [9.17, 15) is 4.79 Å². The maximum Gasteiger partial charge on any atom is 0.267 e. The SMILES string of the molecule is CC[C@H](Oc1ccc(C(C)(C)C)cc1)C(=O)Nc1nnc(SCc2ccccc2)s1. The van der Waals surface area contributed by atoms with Crippen LogP contribution in [-0.4, -0.2) is 22.2 Å². The first-order valence-electron chi connectivity index (χ1n) is 9.93. The van der Waals surface area contributed by atoms with Crippen molar-refractivity contribution in [3.8, 4) is 5.75 Å². The molecule has 2 aromatic carbocycles. The van der Waals surface area contributed by atoms with E-state index in [-0.39, 0.29) is 11.3 Å². The Kier molecular flexibility index (Phi) is 7.50. The molecule has 0 bridgehead atoms. The number of carbonyl (C=O) groups excluding carboxylic acids is 1. The molecule has 1 N–H and O–H groups in total. The van der Waals surface area contributed by atoms with Crippen LogP contribution in [0, 0.1) is 0 Å². The van der Waals surface area contributed by atoms with Crippen molar-refractivity contribution in [1.29, 1.82) is 0 Å². The predicted octanol–water partition coefficient (Wildman–Crippen LogP) is 5.92. The third kappa shape index (κ3) is 6.31. The van der Waals surface area contributed by atoms with E-state index in [0.717, 1.165) is 10.1 Å². The maximum absolute atomic E-state index is 12.7. The summed E-state index contributed by atoms with van der Waals surface area (Å²) in [6, 6.07) is 18.1. The first-order chi connectivity index (χ1) is 14.3. The highest BCUT2D eigenvalue weighted by molar-refractivity contribution is 8.00. The zero-order valence-corrected chi connectivity index (χ0v) is 19.3. The summed E-state index contributed by atoms with van der Waals surface area (Å²) in [6.45, 7) is 8.42. The number of nitrogens with one attached hydrogen (secondary N) is 1. The van der Waals surface area contributed by atoms with Crippen LogP contribution in [0.4, 0.5) is 5.13 Å². The van der Waals surface area contributed by atoms with Gasteiger partial charge >= 0.3 is 0 Å². The summed E-state index contributed by atoms with van der Waals surface area (Å²) in [5, 5.41) is 11.6. The number of aromatic nitrogens is 2. The fourth-order valence-corrected chi connectivity index (χ4v) is 4.45. The number of nitrogens with zero attached hydrogens (tertiary/aromatic N) is 2. The highest BCUT2D eigenvalue weighted by Crippen LogP contribution is 2.29. The molecule has 1 heterocycles. The molecular weight excluding hydrogens is 414 g/mol. The summed E-state index contributed by atoms with van der Waals surface area (Å²) in [7, 11) is 0. The summed E-state index contributed by atoms with van der Waals surface area (Å²) >= 11 is 2.98. The largest absolute Gasteiger partial charge is 0.481 e. The van der Waals surface area contributed by atoms with E-state index in [0.29, 0.717) is 17.3 Å². The molecule has 3 rings (SSSR count). The van der Waals surface area contributed by atoms with E-state index < -0.39 is 6.10 Å². The quantitative estimate of drug-likeness (QED) is 0.347. The molecule has 0 saturated carbocycles. The summed E-state index contributed by atoms with van der Waals surface area (Å²) < 4.78 is 6.74. The van der Waals surface area contributed by atoms with Crippen LogP contribution in [-0.2, 0) is 16.0 Å². The lowest BCUT2D eigenvalue weighted by atomic mass is 9.87. The number of hydrogen-bond acceptors (Lipinski definition) is 6. The fraction of sp³-hybridized carbons (Fsp3) is 0.348. The van der Waals surface area contributed by atoms with E-state index in [1.807, 2.05) is 49.4 Å². The molecule has 30 heavy (non-hydrogen) atoms. The lowest BCUT2D eigenvalue weighted by Crippen LogP contribution is -2.32. The van der Waals surface area contributed by atoms with Crippen LogP contribution in [0.15, 0.2) is 58.9 Å². The van der Waals surface area contributed by atoms with Gasteiger partial charge in [0, 0.05) is 5.75 Å². The third-order valence-corrected chi connectivity index (χ3v) is 6.55. The molecule has 0 spiro atoms. The van der Waals surface area contributed by atoms with Crippen LogP contribution in [0.2, 0.25) is 0 Å². The molecular formula is C23H27N3O2S2. The maximum atomic E-state index is 12.7. The van der Waals surface area contributed by atoms with Crippen molar-refractivity contribution in [2.75, 3.05) is 5.32 Å². The number of thioether (sulfide) groups is 1. The van der Waals surface area contributed by atoms with Crippen molar-refractivity contribution in [2.45, 2.75) is 55.7 Å². The normalized spacial score (nSPS) is 12.4. The molecule has 0 aliphatic carbocycles. The van der Waals surface area contributed by atoms with Crippen molar-refractivity contribution < 1.29 is 9.53 Å². The molecule has 0 fully saturated rings. The number of hydrogen-bond donors (Lipinski definition) is 1. The summed E-state index contributed by atoms with van der Waals surface area (Å²) in [5.41, 5.74) is 2.52. The first kappa shape index (κ1) is 22.3. The Morgan fingerprint density at radius 1 is 1.10 bits per heavy atom. The molecule has 5 nitrogen and oxygen atoms in total. The summed E-state index contributed by atoms with van der Waals surface area (Å²) in [4.78, 5) is 12.7. The minimum atomic E-state index is -0.588. The van der Waals surface area contributed by atoms with E-state index in [1.54, 1.807) is 11.8 Å². The van der Waals surface area contributed by atoms with Crippen molar-refractivity contribution in [3.63, 3.8) is 0 Å². The van der Waals surface area contributed by atoms with Gasteiger partial charge in [-0.15, -0.1) is 10.2 Å². The molecule has 1 aromatic heterocycles. The average Bonchev–Trinajstić information content (AvgIpc) is 3.18. The van der Waals surface area contributed by atoms with Gasteiger partial charge in [-0.1, -0.05) is 93.3 Å². The van der Waals surface area contributed by atoms with E-state index in [4.69, 9.17) is 4.74 Å². The standard InChI is InChI=1S/C23H27N3O2S2/c1-5-19(28-18-13-11-17(12-14-18)23(2,3)4)20(27)24-21-25-26-22(30-21)29-15-16-9-7-6-8-10-16/h6-14,19H,5,15H2,1-4H3,(H,24,25,27)/t19-/m0/s1. The van der Waals surface area contributed by atoms with Crippen molar-refractivity contribution >= 4 is 34.1 Å². The van der Waals surface area contributed by atoms with Crippen LogP contribution < -0.4 is 10.1 Å². The summed E-state index contributed by atoms with van der Waals surface area (Å²) in [5.74, 6) is 1.28. The minimum Gasteiger partial charge on any atom is -0.481 e. The van der Waals surface area contributed by atoms with Crippen LogP contribution in [0.3, 0.4) is 0 Å². The Labute approximate surface area is 186 Å². The molecule has 0 aliphatic rings. The molecule has 0 saturated heterocycles. The van der Waals surface area contributed by atoms with Crippen LogP contribution in [0.25, 0.3) is 0 Å². The zero-order valence-electron chi connectivity index (χ0n) is 17.7. The van der Waals surface area contributed by atoms with Gasteiger partial charge in [0.1, 0.15) is 5.75 Å². The second-order valence-electron chi connectivity index (χ2n) is 7.93. The first-order valence-corrected chi connectivity index (χ1v) is 11.7. The highest BCUT2D eigenvalue weighted by Gasteiger charge is 2.21. The summed E-state index contributed by atoms with van der Waals surface area (Å²) in [6.07, 6.45) is -0.0313. The number of amides is 1. The van der Waals surface area contributed by atoms with Gasteiger partial charge in [0.2, 0.25) is 5.13 Å². The molecule has 0 radical (unpaired) electrons. The monoisotopic (exact) mass is 441 g/mol. The smallest absolute Gasteiger partial charge is 0.267 e. The van der Waals surface area contributed by atoms with Gasteiger partial charge in [-0.05, 0) is 35.1 Å². The number of benzene rings is 2. The Hall–Kier alpha value is -2.38. The number of ether oxygens (including phenoxy) is 1. The number of rotatable bonds is 8. The second-order valence-corrected chi connectivity index (χ2v) is 10.1. The molecule has 3 aromatic rings. The van der Waals surface area contributed by atoms with Gasteiger partial charge in [0.05, 0.1) is 0 Å². The fourth-order valence-electron chi connectivity index (χ4n) is 2.74. The molecule has 1 atom stereocenters. The van der Waals surface area contributed by atoms with Gasteiger partial charge in [0.15, 0.2) is 10.4 Å². The van der Waals surface area contributed by atoms with Gasteiger partial charge in [-0.3, -0.25) is 10.1 Å². The van der Waals surface area contributed by atoms with E-state index in [2.05, 4.69) is 48.4 Å². The molecule has 0 unspecified atom stereocenters. The Bertz CT molecular complexity index is 951. The number of carbonyl (C=O) groups is 1. The second kappa shape index (κ2) is 10.1. The van der Waals surface area contributed by atoms with Crippen molar-refractivity contribution in [2.24, 2.45) is 0 Å². The van der Waals surface area contributed by atoms with E-state index in [1.165, 1.54) is 22.5 Å². The lowest BCUT2D eigenvalue weighted by Gasteiger charge is -2.20. The van der Waals surface area contributed by atoms with Crippen LogP contribution >= 0.6 is 23.1 Å². The third-order valence-electron chi connectivity index (χ3n) is 4.50. The average molecular weight is 442 g/mol. The zero-order chi connectivity index (χ0) is 21.6. The van der Waals surface area contributed by atoms with Crippen LogP contribution in [0.1, 0.15) is 45.2 Å². The minimum absolute atomic E-state index is 0.0775. The highest BCUT2D eigenvalue weighted by atomic mass is 32.2. The van der Waals surface area contributed by atoms with Gasteiger partial charge in [-0.25, -0.2) is 0 Å². The molecule has 7 heteroatoms. The van der Waals surface area contributed by atoms with Crippen LogP contribution in [0.5, 0.6) is 5.75 Å². The topological polar surface area (TPSA) is 64.1 Å². The van der Waals surface area contributed by atoms with Gasteiger partial charge in [0.25, 0.3) is 5.91 Å². The Balaban J connectivity index is 1.55. The Morgan fingerprint density at radius 2 is 1.80 bits per heavy atom. The molecule has 0 aliphatic heterocycles. The molecule has 158 valence electrons. The lowest BCUT2D eigenvalue weighted by molar-refractivity contribution is -0.122. The van der Waals surface area contributed by atoms with Crippen molar-refractivity contribution in [3.05, 3.63) is 65.7 Å². The van der Waals surface area contributed by atoms with Gasteiger partial charge < -0.3 is 4.74 Å².